The summed E-state index contributed by atoms with van der Waals surface area (Å²) in [5.74, 6) is -0.139. The van der Waals surface area contributed by atoms with Crippen LogP contribution in [-0.2, 0) is 11.3 Å². The van der Waals surface area contributed by atoms with Gasteiger partial charge in [0.05, 0.1) is 24.4 Å². The molecule has 2 aromatic heterocycles. The molecule has 7 heteroatoms. The molecule has 0 aliphatic carbocycles. The smallest absolute Gasteiger partial charge is 0.262 e. The summed E-state index contributed by atoms with van der Waals surface area (Å²) in [6.07, 6.45) is 3.13. The molecule has 0 saturated carbocycles. The lowest BCUT2D eigenvalue weighted by Crippen LogP contribution is -2.41. The maximum absolute atomic E-state index is 12.2. The number of thiophene rings is 1. The van der Waals surface area contributed by atoms with Crippen molar-refractivity contribution < 1.29 is 9.90 Å². The number of hydrogen-bond donors (Lipinski definition) is 1. The van der Waals surface area contributed by atoms with Crippen LogP contribution < -0.4 is 5.56 Å². The number of aliphatic hydroxyl groups excluding tert-OH is 1. The fourth-order valence-corrected chi connectivity index (χ4v) is 3.32. The van der Waals surface area contributed by atoms with Gasteiger partial charge in [0.25, 0.3) is 5.56 Å². The monoisotopic (exact) mass is 293 g/mol. The van der Waals surface area contributed by atoms with E-state index in [0.717, 1.165) is 12.8 Å². The third kappa shape index (κ3) is 2.23. The Labute approximate surface area is 119 Å². The Kier molecular flexibility index (Phi) is 3.54. The zero-order chi connectivity index (χ0) is 14.1. The first-order chi connectivity index (χ1) is 9.70. The third-order valence-corrected chi connectivity index (χ3v) is 4.49. The SMILES string of the molecule is O=C(Cn1cnc2sccc2c1=O)N1CCC[C@@H]1CO. The van der Waals surface area contributed by atoms with E-state index in [9.17, 15) is 14.7 Å². The first kappa shape index (κ1) is 13.3. The van der Waals surface area contributed by atoms with E-state index in [1.807, 2.05) is 5.38 Å². The van der Waals surface area contributed by atoms with Gasteiger partial charge < -0.3 is 10.0 Å². The Balaban J connectivity index is 1.84. The number of aromatic nitrogens is 2. The van der Waals surface area contributed by atoms with Crippen molar-refractivity contribution in [2.24, 2.45) is 0 Å². The van der Waals surface area contributed by atoms with E-state index in [0.29, 0.717) is 16.8 Å². The molecule has 1 atom stereocenters. The maximum atomic E-state index is 12.2. The number of fused-ring (bicyclic) bond motifs is 1. The van der Waals surface area contributed by atoms with Gasteiger partial charge >= 0.3 is 0 Å². The number of likely N-dealkylation sites (tertiary alicyclic amines) is 1. The fourth-order valence-electron chi connectivity index (χ4n) is 2.60. The van der Waals surface area contributed by atoms with Crippen molar-refractivity contribution >= 4 is 27.5 Å². The van der Waals surface area contributed by atoms with E-state index in [2.05, 4.69) is 4.98 Å². The van der Waals surface area contributed by atoms with Gasteiger partial charge in [-0.1, -0.05) is 0 Å². The molecular weight excluding hydrogens is 278 g/mol. The van der Waals surface area contributed by atoms with Crippen molar-refractivity contribution in [3.05, 3.63) is 28.1 Å². The van der Waals surface area contributed by atoms with Gasteiger partial charge in [-0.25, -0.2) is 4.98 Å². The van der Waals surface area contributed by atoms with Crippen LogP contribution in [0, 0.1) is 0 Å². The Morgan fingerprint density at radius 2 is 2.40 bits per heavy atom. The zero-order valence-corrected chi connectivity index (χ0v) is 11.7. The second kappa shape index (κ2) is 5.34. The predicted molar refractivity (Wildman–Crippen MR) is 75.7 cm³/mol. The number of amides is 1. The van der Waals surface area contributed by atoms with Crippen molar-refractivity contribution in [3.8, 4) is 0 Å². The summed E-state index contributed by atoms with van der Waals surface area (Å²) >= 11 is 1.41. The molecule has 1 aliphatic heterocycles. The topological polar surface area (TPSA) is 75.4 Å². The van der Waals surface area contributed by atoms with Gasteiger partial charge in [-0.15, -0.1) is 11.3 Å². The number of aliphatic hydroxyl groups is 1. The minimum absolute atomic E-state index is 0.0197. The largest absolute Gasteiger partial charge is 0.394 e. The van der Waals surface area contributed by atoms with Crippen LogP contribution in [0.2, 0.25) is 0 Å². The average Bonchev–Trinajstić information content (AvgIpc) is 3.09. The summed E-state index contributed by atoms with van der Waals surface area (Å²) in [7, 11) is 0. The van der Waals surface area contributed by atoms with Gasteiger partial charge in [0.1, 0.15) is 11.4 Å². The summed E-state index contributed by atoms with van der Waals surface area (Å²) in [4.78, 5) is 31.0. The maximum Gasteiger partial charge on any atom is 0.262 e. The number of rotatable bonds is 3. The average molecular weight is 293 g/mol. The van der Waals surface area contributed by atoms with Gasteiger partial charge in [0.2, 0.25) is 5.91 Å². The molecule has 1 saturated heterocycles. The van der Waals surface area contributed by atoms with Gasteiger partial charge in [-0.05, 0) is 24.3 Å². The fraction of sp³-hybridized carbons (Fsp3) is 0.462. The number of nitrogens with zero attached hydrogens (tertiary/aromatic N) is 3. The Bertz CT molecular complexity index is 693. The van der Waals surface area contributed by atoms with E-state index >= 15 is 0 Å². The molecule has 0 unspecified atom stereocenters. The van der Waals surface area contributed by atoms with Crippen molar-refractivity contribution in [2.45, 2.75) is 25.4 Å². The van der Waals surface area contributed by atoms with Crippen LogP contribution in [-0.4, -0.2) is 44.7 Å². The van der Waals surface area contributed by atoms with Crippen LogP contribution in [0.3, 0.4) is 0 Å². The first-order valence-corrected chi connectivity index (χ1v) is 7.41. The summed E-state index contributed by atoms with van der Waals surface area (Å²) in [5.41, 5.74) is -0.190. The molecule has 3 rings (SSSR count). The van der Waals surface area contributed by atoms with Gasteiger partial charge in [-0.2, -0.15) is 0 Å². The summed E-state index contributed by atoms with van der Waals surface area (Å²) in [6.45, 7) is 0.601. The molecule has 0 aromatic carbocycles. The Morgan fingerprint density at radius 3 is 3.20 bits per heavy atom. The number of carbonyl (C=O) groups excluding carboxylic acids is 1. The van der Waals surface area contributed by atoms with E-state index in [4.69, 9.17) is 0 Å². The van der Waals surface area contributed by atoms with Gasteiger partial charge in [-0.3, -0.25) is 14.2 Å². The molecule has 0 bridgehead atoms. The lowest BCUT2D eigenvalue weighted by Gasteiger charge is -2.23. The van der Waals surface area contributed by atoms with Crippen molar-refractivity contribution in [1.29, 1.82) is 0 Å². The standard InChI is InChI=1S/C13H15N3O3S/c17-7-9-2-1-4-16(9)11(18)6-15-8-14-12-10(13(15)19)3-5-20-12/h3,5,8-9,17H,1-2,4,6-7H2/t9-/m1/s1. The highest BCUT2D eigenvalue weighted by molar-refractivity contribution is 7.16. The highest BCUT2D eigenvalue weighted by Gasteiger charge is 2.28. The molecule has 3 heterocycles. The van der Waals surface area contributed by atoms with Crippen molar-refractivity contribution in [2.75, 3.05) is 13.2 Å². The molecule has 0 radical (unpaired) electrons. The molecule has 1 aliphatic rings. The Morgan fingerprint density at radius 1 is 1.55 bits per heavy atom. The lowest BCUT2D eigenvalue weighted by molar-refractivity contribution is -0.133. The zero-order valence-electron chi connectivity index (χ0n) is 10.9. The highest BCUT2D eigenvalue weighted by Crippen LogP contribution is 2.17. The van der Waals surface area contributed by atoms with E-state index in [-0.39, 0.29) is 30.7 Å². The van der Waals surface area contributed by atoms with Crippen LogP contribution in [0.25, 0.3) is 10.2 Å². The van der Waals surface area contributed by atoms with E-state index in [1.165, 1.54) is 22.2 Å². The van der Waals surface area contributed by atoms with Crippen LogP contribution >= 0.6 is 11.3 Å². The normalized spacial score (nSPS) is 18.9. The summed E-state index contributed by atoms with van der Waals surface area (Å²) in [5, 5.41) is 11.6. The Hall–Kier alpha value is -1.73. The molecule has 1 N–H and O–H groups in total. The predicted octanol–water partition coefficient (Wildman–Crippen LogP) is 0.441. The van der Waals surface area contributed by atoms with E-state index < -0.39 is 0 Å². The minimum atomic E-state index is -0.190. The summed E-state index contributed by atoms with van der Waals surface area (Å²) < 4.78 is 1.34. The molecule has 1 fully saturated rings. The van der Waals surface area contributed by atoms with Gasteiger partial charge in [0.15, 0.2) is 0 Å². The minimum Gasteiger partial charge on any atom is -0.394 e. The molecule has 0 spiro atoms. The molecule has 106 valence electrons. The molecule has 20 heavy (non-hydrogen) atoms. The van der Waals surface area contributed by atoms with Crippen LogP contribution in [0.5, 0.6) is 0 Å². The highest BCUT2D eigenvalue weighted by atomic mass is 32.1. The van der Waals surface area contributed by atoms with Crippen LogP contribution in [0.15, 0.2) is 22.6 Å². The number of carbonyl (C=O) groups is 1. The van der Waals surface area contributed by atoms with Gasteiger partial charge in [0, 0.05) is 6.54 Å². The molecular formula is C13H15N3O3S. The second-order valence-corrected chi connectivity index (χ2v) is 5.78. The van der Waals surface area contributed by atoms with Crippen molar-refractivity contribution in [3.63, 3.8) is 0 Å². The first-order valence-electron chi connectivity index (χ1n) is 6.53. The molecule has 2 aromatic rings. The van der Waals surface area contributed by atoms with Crippen LogP contribution in [0.4, 0.5) is 0 Å². The summed E-state index contributed by atoms with van der Waals surface area (Å²) in [6, 6.07) is 1.61. The van der Waals surface area contributed by atoms with Crippen molar-refractivity contribution in [1.82, 2.24) is 14.5 Å². The molecule has 6 nitrogen and oxygen atoms in total. The third-order valence-electron chi connectivity index (χ3n) is 3.66. The second-order valence-electron chi connectivity index (χ2n) is 4.88. The van der Waals surface area contributed by atoms with E-state index in [1.54, 1.807) is 11.0 Å². The quantitative estimate of drug-likeness (QED) is 0.891. The lowest BCUT2D eigenvalue weighted by atomic mass is 10.2. The number of hydrogen-bond acceptors (Lipinski definition) is 5. The molecule has 1 amide bonds. The van der Waals surface area contributed by atoms with Crippen LogP contribution in [0.1, 0.15) is 12.8 Å².